The second-order valence-corrected chi connectivity index (χ2v) is 10.1. The molecule has 0 aromatic heterocycles. The summed E-state index contributed by atoms with van der Waals surface area (Å²) in [6.45, 7) is 6.44. The fraction of sp³-hybridized carbons (Fsp3) is 0.577. The molecule has 1 aromatic carbocycles. The molecule has 0 bridgehead atoms. The molecule has 36 heavy (non-hydrogen) atoms. The number of nitrogens with one attached hydrogen (secondary N) is 1. The SMILES string of the molecule is CC(C)(C=C(C#N)C(=O)N1CCCC[C@@H]1COC(=O)N[C@H](CB(O)O)c1ccccc1)N1CCCC1. The molecule has 194 valence electrons. The number of rotatable bonds is 9. The molecule has 2 aliphatic rings. The minimum absolute atomic E-state index is 0.00497. The molecular weight excluding hydrogens is 459 g/mol. The third kappa shape index (κ3) is 7.57. The van der Waals surface area contributed by atoms with Gasteiger partial charge in [0.25, 0.3) is 5.91 Å². The van der Waals surface area contributed by atoms with Crippen molar-refractivity contribution in [1.82, 2.24) is 15.1 Å². The first-order valence-corrected chi connectivity index (χ1v) is 12.7. The lowest BCUT2D eigenvalue weighted by atomic mass is 9.79. The van der Waals surface area contributed by atoms with Gasteiger partial charge in [0.05, 0.1) is 12.1 Å². The van der Waals surface area contributed by atoms with Crippen molar-refractivity contribution in [2.24, 2.45) is 0 Å². The minimum atomic E-state index is -1.59. The van der Waals surface area contributed by atoms with E-state index in [0.717, 1.165) is 44.3 Å². The fourth-order valence-corrected chi connectivity index (χ4v) is 5.01. The van der Waals surface area contributed by atoms with E-state index < -0.39 is 24.8 Å². The van der Waals surface area contributed by atoms with Crippen molar-refractivity contribution >= 4 is 19.1 Å². The van der Waals surface area contributed by atoms with E-state index in [2.05, 4.69) is 16.3 Å². The van der Waals surface area contributed by atoms with Crippen molar-refractivity contribution in [2.75, 3.05) is 26.2 Å². The van der Waals surface area contributed by atoms with Gasteiger partial charge in [0.1, 0.15) is 18.2 Å². The summed E-state index contributed by atoms with van der Waals surface area (Å²) in [6, 6.07) is 10.1. The molecule has 3 rings (SSSR count). The van der Waals surface area contributed by atoms with Crippen LogP contribution in [0.4, 0.5) is 4.79 Å². The van der Waals surface area contributed by atoms with Gasteiger partial charge in [-0.15, -0.1) is 0 Å². The van der Waals surface area contributed by atoms with E-state index in [1.54, 1.807) is 35.2 Å². The Morgan fingerprint density at radius 1 is 1.19 bits per heavy atom. The number of amides is 2. The number of carbonyl (C=O) groups excluding carboxylic acids is 2. The largest absolute Gasteiger partial charge is 0.453 e. The maximum absolute atomic E-state index is 13.4. The van der Waals surface area contributed by atoms with Gasteiger partial charge in [-0.1, -0.05) is 30.3 Å². The standard InChI is InChI=1S/C26H37BN4O5/c1-26(2,30-13-8-9-14-30)16-21(18-28)24(32)31-15-7-6-12-22(31)19-36-25(33)29-23(17-27(34)35)20-10-4-3-5-11-20/h3-5,10-11,16,22-23,34-35H,6-9,12-15,17,19H2,1-2H3,(H,29,33)/t22-,23-/m1/s1. The molecule has 2 fully saturated rings. The van der Waals surface area contributed by atoms with Gasteiger partial charge < -0.3 is 25.0 Å². The molecule has 2 amide bonds. The van der Waals surface area contributed by atoms with Crippen LogP contribution in [0.25, 0.3) is 0 Å². The van der Waals surface area contributed by atoms with Crippen molar-refractivity contribution in [3.63, 3.8) is 0 Å². The van der Waals surface area contributed by atoms with Crippen LogP contribution in [-0.4, -0.2) is 76.8 Å². The van der Waals surface area contributed by atoms with Crippen LogP contribution in [0.2, 0.25) is 6.32 Å². The molecular formula is C26H37BN4O5. The van der Waals surface area contributed by atoms with E-state index in [0.29, 0.717) is 13.0 Å². The molecule has 2 aliphatic heterocycles. The topological polar surface area (TPSA) is 126 Å². The summed E-state index contributed by atoms with van der Waals surface area (Å²) in [6.07, 6.45) is 5.60. The van der Waals surface area contributed by atoms with Gasteiger partial charge >= 0.3 is 13.2 Å². The summed E-state index contributed by atoms with van der Waals surface area (Å²) >= 11 is 0. The zero-order valence-electron chi connectivity index (χ0n) is 21.2. The van der Waals surface area contributed by atoms with Crippen LogP contribution in [0.5, 0.6) is 0 Å². The van der Waals surface area contributed by atoms with Crippen LogP contribution in [0.15, 0.2) is 42.0 Å². The minimum Gasteiger partial charge on any atom is -0.447 e. The van der Waals surface area contributed by atoms with Crippen LogP contribution in [0, 0.1) is 11.3 Å². The van der Waals surface area contributed by atoms with Crippen LogP contribution < -0.4 is 5.32 Å². The predicted molar refractivity (Wildman–Crippen MR) is 137 cm³/mol. The van der Waals surface area contributed by atoms with Crippen LogP contribution >= 0.6 is 0 Å². The molecule has 0 saturated carbocycles. The Bertz CT molecular complexity index is 957. The van der Waals surface area contributed by atoms with E-state index in [-0.39, 0.29) is 30.4 Å². The highest BCUT2D eigenvalue weighted by Gasteiger charge is 2.33. The first kappa shape index (κ1) is 27.7. The number of ether oxygens (including phenoxy) is 1. The van der Waals surface area contributed by atoms with Gasteiger partial charge in [-0.3, -0.25) is 9.69 Å². The maximum atomic E-state index is 13.4. The normalized spacial score (nSPS) is 19.9. The van der Waals surface area contributed by atoms with Crippen LogP contribution in [0.3, 0.4) is 0 Å². The van der Waals surface area contributed by atoms with Crippen LogP contribution in [-0.2, 0) is 9.53 Å². The predicted octanol–water partition coefficient (Wildman–Crippen LogP) is 2.63. The molecule has 0 radical (unpaired) electrons. The zero-order chi connectivity index (χ0) is 26.1. The fourth-order valence-electron chi connectivity index (χ4n) is 5.01. The van der Waals surface area contributed by atoms with Gasteiger partial charge in [-0.05, 0) is 70.7 Å². The number of hydrogen-bond acceptors (Lipinski definition) is 7. The number of benzene rings is 1. The number of piperidine rings is 1. The summed E-state index contributed by atoms with van der Waals surface area (Å²) in [7, 11) is -1.59. The third-order valence-corrected chi connectivity index (χ3v) is 7.00. The summed E-state index contributed by atoms with van der Waals surface area (Å²) < 4.78 is 5.47. The highest BCUT2D eigenvalue weighted by molar-refractivity contribution is 6.41. The molecule has 0 unspecified atom stereocenters. The van der Waals surface area contributed by atoms with Crippen molar-refractivity contribution in [3.05, 3.63) is 47.5 Å². The third-order valence-electron chi connectivity index (χ3n) is 7.00. The average Bonchev–Trinajstić information content (AvgIpc) is 3.42. The lowest BCUT2D eigenvalue weighted by Crippen LogP contribution is -2.48. The number of nitriles is 1. The Balaban J connectivity index is 1.64. The Kier molecular flexibility index (Phi) is 9.93. The Labute approximate surface area is 213 Å². The Morgan fingerprint density at radius 3 is 2.50 bits per heavy atom. The van der Waals surface area contributed by atoms with E-state index in [4.69, 9.17) is 4.74 Å². The monoisotopic (exact) mass is 496 g/mol. The van der Waals surface area contributed by atoms with Crippen molar-refractivity contribution in [3.8, 4) is 6.07 Å². The van der Waals surface area contributed by atoms with Gasteiger partial charge in [0, 0.05) is 18.4 Å². The molecule has 9 nitrogen and oxygen atoms in total. The summed E-state index contributed by atoms with van der Waals surface area (Å²) in [5.74, 6) is -0.330. The molecule has 0 aliphatic carbocycles. The lowest BCUT2D eigenvalue weighted by molar-refractivity contribution is -0.131. The molecule has 2 saturated heterocycles. The van der Waals surface area contributed by atoms with Crippen molar-refractivity contribution in [2.45, 2.75) is 69.9 Å². The molecule has 3 N–H and O–H groups in total. The summed E-state index contributed by atoms with van der Waals surface area (Å²) in [5.41, 5.74) is 0.438. The molecule has 2 heterocycles. The van der Waals surface area contributed by atoms with E-state index in [9.17, 15) is 24.9 Å². The van der Waals surface area contributed by atoms with Gasteiger partial charge in [0.2, 0.25) is 0 Å². The maximum Gasteiger partial charge on any atom is 0.453 e. The van der Waals surface area contributed by atoms with Gasteiger partial charge in [-0.2, -0.15) is 5.26 Å². The number of alkyl carbamates (subject to hydrolysis) is 1. The van der Waals surface area contributed by atoms with E-state index >= 15 is 0 Å². The summed E-state index contributed by atoms with van der Waals surface area (Å²) in [4.78, 5) is 29.9. The lowest BCUT2D eigenvalue weighted by Gasteiger charge is -2.36. The van der Waals surface area contributed by atoms with E-state index in [1.807, 2.05) is 19.9 Å². The number of carbonyl (C=O) groups is 2. The smallest absolute Gasteiger partial charge is 0.447 e. The highest BCUT2D eigenvalue weighted by Crippen LogP contribution is 2.26. The van der Waals surface area contributed by atoms with Crippen molar-refractivity contribution < 1.29 is 24.4 Å². The van der Waals surface area contributed by atoms with Gasteiger partial charge in [-0.25, -0.2) is 4.79 Å². The number of nitrogens with zero attached hydrogens (tertiary/aromatic N) is 3. The Morgan fingerprint density at radius 2 is 1.86 bits per heavy atom. The molecule has 1 aromatic rings. The first-order chi connectivity index (χ1) is 17.2. The first-order valence-electron chi connectivity index (χ1n) is 12.7. The highest BCUT2D eigenvalue weighted by atomic mass is 16.5. The molecule has 2 atom stereocenters. The summed E-state index contributed by atoms with van der Waals surface area (Å²) in [5, 5.41) is 31.4. The molecule has 0 spiro atoms. The quantitative estimate of drug-likeness (QED) is 0.273. The zero-order valence-corrected chi connectivity index (χ0v) is 21.2. The second-order valence-electron chi connectivity index (χ2n) is 10.1. The average molecular weight is 496 g/mol. The van der Waals surface area contributed by atoms with Crippen molar-refractivity contribution in [1.29, 1.82) is 5.26 Å². The van der Waals surface area contributed by atoms with Gasteiger partial charge in [0.15, 0.2) is 0 Å². The number of hydrogen-bond donors (Lipinski definition) is 3. The number of likely N-dealkylation sites (tertiary alicyclic amines) is 2. The second kappa shape index (κ2) is 12.9. The Hall–Kier alpha value is -2.87. The van der Waals surface area contributed by atoms with E-state index in [1.165, 1.54) is 0 Å². The molecule has 10 heteroatoms. The van der Waals surface area contributed by atoms with Crippen LogP contribution in [0.1, 0.15) is 57.6 Å².